The van der Waals surface area contributed by atoms with Crippen molar-refractivity contribution in [3.05, 3.63) is 23.3 Å². The minimum absolute atomic E-state index is 0.121. The molecule has 0 heterocycles. The molecule has 0 spiro atoms. The van der Waals surface area contributed by atoms with E-state index < -0.39 is 10.0 Å². The number of rotatable bonds is 4. The maximum Gasteiger partial charge on any atom is 0.240 e. The summed E-state index contributed by atoms with van der Waals surface area (Å²) in [6, 6.07) is 3.33. The Bertz CT molecular complexity index is 590. The van der Waals surface area contributed by atoms with Crippen LogP contribution in [-0.2, 0) is 10.0 Å². The van der Waals surface area contributed by atoms with Crippen molar-refractivity contribution in [1.29, 1.82) is 0 Å². The lowest BCUT2D eigenvalue weighted by molar-refractivity contribution is 0.166. The number of aryl methyl sites for hydroxylation is 1. The zero-order chi connectivity index (χ0) is 14.3. The summed E-state index contributed by atoms with van der Waals surface area (Å²) >= 11 is 0. The van der Waals surface area contributed by atoms with Crippen LogP contribution in [0.25, 0.3) is 0 Å². The maximum absolute atomic E-state index is 12.4. The number of anilines is 1. The van der Waals surface area contributed by atoms with Crippen molar-refractivity contribution in [1.82, 2.24) is 4.72 Å². The molecule has 5 heteroatoms. The molecule has 3 N–H and O–H groups in total. The molecule has 1 aromatic carbocycles. The second kappa shape index (κ2) is 4.80. The highest BCUT2D eigenvalue weighted by atomic mass is 32.2. The van der Waals surface area contributed by atoms with Crippen LogP contribution >= 0.6 is 0 Å². The number of nitrogen functional groups attached to an aromatic ring is 1. The predicted octanol–water partition coefficient (Wildman–Crippen LogP) is 2.35. The average Bonchev–Trinajstić information content (AvgIpc) is 2.28. The van der Waals surface area contributed by atoms with E-state index in [1.165, 1.54) is 12.5 Å². The van der Waals surface area contributed by atoms with Gasteiger partial charge in [0.05, 0.1) is 4.90 Å². The highest BCUT2D eigenvalue weighted by molar-refractivity contribution is 7.89. The molecular weight excluding hydrogens is 260 g/mol. The van der Waals surface area contributed by atoms with E-state index in [0.717, 1.165) is 24.0 Å². The van der Waals surface area contributed by atoms with Crippen LogP contribution in [0.5, 0.6) is 0 Å². The first-order valence-corrected chi connectivity index (χ1v) is 8.08. The summed E-state index contributed by atoms with van der Waals surface area (Å²) in [5.41, 5.74) is 8.02. The molecule has 0 unspecified atom stereocenters. The molecule has 1 aromatic rings. The van der Waals surface area contributed by atoms with Gasteiger partial charge in [0.2, 0.25) is 10.0 Å². The third-order valence-electron chi connectivity index (χ3n) is 4.18. The summed E-state index contributed by atoms with van der Waals surface area (Å²) < 4.78 is 27.5. The van der Waals surface area contributed by atoms with Crippen LogP contribution in [-0.4, -0.2) is 15.0 Å². The van der Waals surface area contributed by atoms with E-state index in [-0.39, 0.29) is 5.41 Å². The standard InChI is InChI=1S/C14H22N2O2S/c1-10-7-12(15)8-13(11(10)2)19(17,18)16-9-14(3)5-4-6-14/h7-8,16H,4-6,9,15H2,1-3H3. The molecule has 106 valence electrons. The molecule has 2 rings (SSSR count). The van der Waals surface area contributed by atoms with Crippen molar-refractivity contribution < 1.29 is 8.42 Å². The number of hydrogen-bond acceptors (Lipinski definition) is 3. The highest BCUT2D eigenvalue weighted by Crippen LogP contribution is 2.39. The van der Waals surface area contributed by atoms with Crippen LogP contribution in [0.4, 0.5) is 5.69 Å². The minimum atomic E-state index is -3.48. The van der Waals surface area contributed by atoms with Gasteiger partial charge in [-0.3, -0.25) is 0 Å². The van der Waals surface area contributed by atoms with Gasteiger partial charge in [-0.05, 0) is 55.4 Å². The van der Waals surface area contributed by atoms with E-state index in [2.05, 4.69) is 11.6 Å². The molecule has 0 aromatic heterocycles. The second-order valence-electron chi connectivity index (χ2n) is 5.95. The van der Waals surface area contributed by atoms with Crippen molar-refractivity contribution in [2.45, 2.75) is 44.9 Å². The van der Waals surface area contributed by atoms with Gasteiger partial charge in [0.1, 0.15) is 0 Å². The van der Waals surface area contributed by atoms with Crippen molar-refractivity contribution in [2.75, 3.05) is 12.3 Å². The third kappa shape index (κ3) is 2.92. The van der Waals surface area contributed by atoms with Crippen LogP contribution in [0.15, 0.2) is 17.0 Å². The summed E-state index contributed by atoms with van der Waals surface area (Å²) in [5.74, 6) is 0. The molecule has 1 saturated carbocycles. The summed E-state index contributed by atoms with van der Waals surface area (Å²) in [5, 5.41) is 0. The number of nitrogens with one attached hydrogen (secondary N) is 1. The Labute approximate surface area is 115 Å². The summed E-state index contributed by atoms with van der Waals surface area (Å²) in [7, 11) is -3.48. The first-order chi connectivity index (χ1) is 8.73. The van der Waals surface area contributed by atoms with E-state index in [0.29, 0.717) is 17.1 Å². The highest BCUT2D eigenvalue weighted by Gasteiger charge is 2.33. The minimum Gasteiger partial charge on any atom is -0.399 e. The Morgan fingerprint density at radius 1 is 1.32 bits per heavy atom. The van der Waals surface area contributed by atoms with Crippen molar-refractivity contribution in [3.8, 4) is 0 Å². The first-order valence-electron chi connectivity index (χ1n) is 6.60. The fraction of sp³-hybridized carbons (Fsp3) is 0.571. The van der Waals surface area contributed by atoms with Gasteiger partial charge in [-0.1, -0.05) is 13.3 Å². The maximum atomic E-state index is 12.4. The van der Waals surface area contributed by atoms with Crippen molar-refractivity contribution in [2.24, 2.45) is 5.41 Å². The van der Waals surface area contributed by atoms with Gasteiger partial charge < -0.3 is 5.73 Å². The molecule has 0 radical (unpaired) electrons. The van der Waals surface area contributed by atoms with E-state index in [1.54, 1.807) is 6.07 Å². The van der Waals surface area contributed by atoms with Crippen LogP contribution in [0, 0.1) is 19.3 Å². The fourth-order valence-electron chi connectivity index (χ4n) is 2.44. The topological polar surface area (TPSA) is 72.2 Å². The number of sulfonamides is 1. The van der Waals surface area contributed by atoms with E-state index in [1.807, 2.05) is 13.8 Å². The quantitative estimate of drug-likeness (QED) is 0.833. The molecule has 0 aliphatic heterocycles. The number of benzene rings is 1. The summed E-state index contributed by atoms with van der Waals surface area (Å²) in [6.07, 6.45) is 3.36. The lowest BCUT2D eigenvalue weighted by Gasteiger charge is -2.38. The Balaban J connectivity index is 2.24. The fourth-order valence-corrected chi connectivity index (χ4v) is 3.99. The Kier molecular flexibility index (Phi) is 3.62. The molecule has 19 heavy (non-hydrogen) atoms. The largest absolute Gasteiger partial charge is 0.399 e. The SMILES string of the molecule is Cc1cc(N)cc(S(=O)(=O)NCC2(C)CCC2)c1C. The number of nitrogens with two attached hydrogens (primary N) is 1. The van der Waals surface area contributed by atoms with E-state index in [9.17, 15) is 8.42 Å². The first kappa shape index (κ1) is 14.3. The van der Waals surface area contributed by atoms with Gasteiger partial charge in [-0.15, -0.1) is 0 Å². The van der Waals surface area contributed by atoms with Gasteiger partial charge in [-0.2, -0.15) is 0 Å². The molecule has 0 bridgehead atoms. The molecule has 0 saturated heterocycles. The molecular formula is C14H22N2O2S. The summed E-state index contributed by atoms with van der Waals surface area (Å²) in [4.78, 5) is 0.299. The molecule has 0 amide bonds. The van der Waals surface area contributed by atoms with Gasteiger partial charge in [0.25, 0.3) is 0 Å². The summed E-state index contributed by atoms with van der Waals surface area (Å²) in [6.45, 7) is 6.31. The normalized spacial score (nSPS) is 18.1. The van der Waals surface area contributed by atoms with Crippen LogP contribution in [0.3, 0.4) is 0 Å². The molecule has 1 fully saturated rings. The third-order valence-corrected chi connectivity index (χ3v) is 5.71. The van der Waals surface area contributed by atoms with Gasteiger partial charge in [0.15, 0.2) is 0 Å². The van der Waals surface area contributed by atoms with Crippen molar-refractivity contribution in [3.63, 3.8) is 0 Å². The predicted molar refractivity (Wildman–Crippen MR) is 77.5 cm³/mol. The Hall–Kier alpha value is -1.07. The zero-order valence-electron chi connectivity index (χ0n) is 11.8. The van der Waals surface area contributed by atoms with Crippen LogP contribution < -0.4 is 10.5 Å². The van der Waals surface area contributed by atoms with Gasteiger partial charge in [0, 0.05) is 12.2 Å². The monoisotopic (exact) mass is 282 g/mol. The lowest BCUT2D eigenvalue weighted by Crippen LogP contribution is -2.40. The molecule has 4 nitrogen and oxygen atoms in total. The van der Waals surface area contributed by atoms with Crippen molar-refractivity contribution >= 4 is 15.7 Å². The average molecular weight is 282 g/mol. The zero-order valence-corrected chi connectivity index (χ0v) is 12.6. The molecule has 0 atom stereocenters. The Morgan fingerprint density at radius 2 is 1.95 bits per heavy atom. The molecule has 1 aliphatic carbocycles. The van der Waals surface area contributed by atoms with Crippen LogP contribution in [0.2, 0.25) is 0 Å². The van der Waals surface area contributed by atoms with Gasteiger partial charge in [-0.25, -0.2) is 13.1 Å². The smallest absolute Gasteiger partial charge is 0.240 e. The van der Waals surface area contributed by atoms with E-state index in [4.69, 9.17) is 5.73 Å². The van der Waals surface area contributed by atoms with Gasteiger partial charge >= 0.3 is 0 Å². The number of hydrogen-bond donors (Lipinski definition) is 2. The van der Waals surface area contributed by atoms with Crippen LogP contribution in [0.1, 0.15) is 37.3 Å². The molecule has 1 aliphatic rings. The lowest BCUT2D eigenvalue weighted by atomic mass is 9.71. The second-order valence-corrected chi connectivity index (χ2v) is 7.69. The van der Waals surface area contributed by atoms with E-state index >= 15 is 0 Å². The Morgan fingerprint density at radius 3 is 2.47 bits per heavy atom.